The van der Waals surface area contributed by atoms with E-state index in [9.17, 15) is 9.59 Å². The second-order valence-electron chi connectivity index (χ2n) is 4.57. The molecule has 110 valence electrons. The van der Waals surface area contributed by atoms with E-state index in [-0.39, 0.29) is 18.2 Å². The fourth-order valence-electron chi connectivity index (χ4n) is 1.72. The van der Waals surface area contributed by atoms with Crippen LogP contribution in [0.15, 0.2) is 24.3 Å². The van der Waals surface area contributed by atoms with Crippen molar-refractivity contribution in [2.75, 3.05) is 19.0 Å². The lowest BCUT2D eigenvalue weighted by Gasteiger charge is -2.12. The normalized spacial score (nSPS) is 11.9. The molecule has 1 aromatic carbocycles. The molecule has 2 amide bonds. The Bertz CT molecular complexity index is 445. The molecule has 0 saturated heterocycles. The van der Waals surface area contributed by atoms with Crippen LogP contribution in [0.3, 0.4) is 0 Å². The van der Waals surface area contributed by atoms with Crippen molar-refractivity contribution < 1.29 is 14.3 Å². The Kier molecular flexibility index (Phi) is 6.69. The number of benzene rings is 1. The Balaban J connectivity index is 2.47. The molecule has 0 saturated carbocycles. The molecule has 0 aromatic heterocycles. The number of anilines is 1. The van der Waals surface area contributed by atoms with Crippen LogP contribution in [0.5, 0.6) is 0 Å². The summed E-state index contributed by atoms with van der Waals surface area (Å²) in [6.07, 6.45) is 1.49. The molecule has 0 bridgehead atoms. The maximum Gasteiger partial charge on any atom is 0.241 e. The van der Waals surface area contributed by atoms with Gasteiger partial charge in [-0.05, 0) is 30.5 Å². The minimum absolute atomic E-state index is 0.185. The molecule has 6 heteroatoms. The first-order valence-corrected chi connectivity index (χ1v) is 6.45. The number of methoxy groups -OCH3 is 1. The quantitative estimate of drug-likeness (QED) is 0.599. The molecule has 0 radical (unpaired) electrons. The van der Waals surface area contributed by atoms with E-state index in [4.69, 9.17) is 16.2 Å². The number of nitrogens with two attached hydrogens (primary N) is 2. The van der Waals surface area contributed by atoms with Gasteiger partial charge in [0.2, 0.25) is 11.8 Å². The van der Waals surface area contributed by atoms with Gasteiger partial charge in [0, 0.05) is 19.4 Å². The first-order valence-electron chi connectivity index (χ1n) is 6.45. The number of ether oxygens (including phenoxy) is 1. The molecule has 1 atom stereocenters. The Morgan fingerprint density at radius 3 is 2.50 bits per heavy atom. The number of hydrogen-bond acceptors (Lipinski definition) is 4. The van der Waals surface area contributed by atoms with E-state index in [1.54, 1.807) is 31.4 Å². The van der Waals surface area contributed by atoms with Crippen LogP contribution in [0.25, 0.3) is 0 Å². The molecule has 0 aliphatic rings. The van der Waals surface area contributed by atoms with Crippen molar-refractivity contribution >= 4 is 17.5 Å². The van der Waals surface area contributed by atoms with Crippen LogP contribution in [0.1, 0.15) is 18.4 Å². The van der Waals surface area contributed by atoms with Crippen molar-refractivity contribution in [2.45, 2.75) is 25.3 Å². The molecule has 0 heterocycles. The van der Waals surface area contributed by atoms with E-state index in [1.807, 2.05) is 0 Å². The highest BCUT2D eigenvalue weighted by molar-refractivity contribution is 5.94. The fourth-order valence-corrected chi connectivity index (χ4v) is 1.72. The highest BCUT2D eigenvalue weighted by atomic mass is 16.5. The van der Waals surface area contributed by atoms with Gasteiger partial charge in [0.25, 0.3) is 0 Å². The third kappa shape index (κ3) is 5.81. The van der Waals surface area contributed by atoms with Crippen molar-refractivity contribution in [3.63, 3.8) is 0 Å². The van der Waals surface area contributed by atoms with Crippen LogP contribution >= 0.6 is 0 Å². The monoisotopic (exact) mass is 279 g/mol. The van der Waals surface area contributed by atoms with Gasteiger partial charge in [-0.3, -0.25) is 9.59 Å². The summed E-state index contributed by atoms with van der Waals surface area (Å²) in [6.45, 7) is 0.586. The molecule has 0 fully saturated rings. The maximum absolute atomic E-state index is 11.8. The molecular formula is C14H21N3O3. The number of nitrogens with one attached hydrogen (secondary N) is 1. The molecular weight excluding hydrogens is 258 g/mol. The Hall–Kier alpha value is -1.92. The molecule has 1 rings (SSSR count). The zero-order valence-electron chi connectivity index (χ0n) is 11.6. The highest BCUT2D eigenvalue weighted by Crippen LogP contribution is 2.10. The first-order chi connectivity index (χ1) is 9.52. The van der Waals surface area contributed by atoms with Crippen molar-refractivity contribution in [3.8, 4) is 0 Å². The maximum atomic E-state index is 11.8. The van der Waals surface area contributed by atoms with Gasteiger partial charge in [-0.15, -0.1) is 0 Å². The van der Waals surface area contributed by atoms with Crippen LogP contribution in [-0.2, 0) is 20.7 Å². The number of rotatable bonds is 8. The third-order valence-corrected chi connectivity index (χ3v) is 2.80. The first kappa shape index (κ1) is 16.1. The summed E-state index contributed by atoms with van der Waals surface area (Å²) in [4.78, 5) is 22.6. The molecule has 5 N–H and O–H groups in total. The Morgan fingerprint density at radius 1 is 1.30 bits per heavy atom. The SMILES string of the molecule is COCCCC(N)C(=O)Nc1ccc(CC(N)=O)cc1. The zero-order valence-corrected chi connectivity index (χ0v) is 11.6. The molecule has 0 aliphatic heterocycles. The average molecular weight is 279 g/mol. The molecule has 1 aromatic rings. The summed E-state index contributed by atoms with van der Waals surface area (Å²) in [5, 5.41) is 2.73. The Labute approximate surface area is 118 Å². The Morgan fingerprint density at radius 2 is 1.95 bits per heavy atom. The van der Waals surface area contributed by atoms with E-state index >= 15 is 0 Å². The molecule has 1 unspecified atom stereocenters. The predicted octanol–water partition coefficient (Wildman–Crippen LogP) is 0.407. The number of carbonyl (C=O) groups excluding carboxylic acids is 2. The molecule has 6 nitrogen and oxygen atoms in total. The largest absolute Gasteiger partial charge is 0.385 e. The summed E-state index contributed by atoms with van der Waals surface area (Å²) in [7, 11) is 1.61. The summed E-state index contributed by atoms with van der Waals surface area (Å²) < 4.78 is 4.91. The molecule has 0 spiro atoms. The van der Waals surface area contributed by atoms with E-state index in [0.717, 1.165) is 12.0 Å². The van der Waals surface area contributed by atoms with Crippen LogP contribution in [-0.4, -0.2) is 31.6 Å². The lowest BCUT2D eigenvalue weighted by atomic mass is 10.1. The third-order valence-electron chi connectivity index (χ3n) is 2.80. The van der Waals surface area contributed by atoms with Gasteiger partial charge in [-0.25, -0.2) is 0 Å². The lowest BCUT2D eigenvalue weighted by Crippen LogP contribution is -2.35. The van der Waals surface area contributed by atoms with Gasteiger partial charge in [0.05, 0.1) is 12.5 Å². The zero-order chi connectivity index (χ0) is 15.0. The number of hydrogen-bond donors (Lipinski definition) is 3. The predicted molar refractivity (Wildman–Crippen MR) is 77.1 cm³/mol. The van der Waals surface area contributed by atoms with E-state index < -0.39 is 6.04 Å². The van der Waals surface area contributed by atoms with Gasteiger partial charge < -0.3 is 21.5 Å². The number of carbonyl (C=O) groups is 2. The topological polar surface area (TPSA) is 107 Å². The van der Waals surface area contributed by atoms with Crippen LogP contribution in [0.4, 0.5) is 5.69 Å². The number of primary amides is 1. The van der Waals surface area contributed by atoms with Crippen LogP contribution in [0.2, 0.25) is 0 Å². The van der Waals surface area contributed by atoms with E-state index in [1.165, 1.54) is 0 Å². The summed E-state index contributed by atoms with van der Waals surface area (Å²) in [6, 6.07) is 6.37. The standard InChI is InChI=1S/C14H21N3O3/c1-20-8-2-3-12(15)14(19)17-11-6-4-10(5-7-11)9-13(16)18/h4-7,12H,2-3,8-9,15H2,1H3,(H2,16,18)(H,17,19). The second kappa shape index (κ2) is 8.29. The van der Waals surface area contributed by atoms with Crippen molar-refractivity contribution in [3.05, 3.63) is 29.8 Å². The van der Waals surface area contributed by atoms with E-state index in [0.29, 0.717) is 18.7 Å². The highest BCUT2D eigenvalue weighted by Gasteiger charge is 2.13. The van der Waals surface area contributed by atoms with Crippen molar-refractivity contribution in [2.24, 2.45) is 11.5 Å². The number of amides is 2. The fraction of sp³-hybridized carbons (Fsp3) is 0.429. The molecule has 0 aliphatic carbocycles. The van der Waals surface area contributed by atoms with Gasteiger partial charge >= 0.3 is 0 Å². The van der Waals surface area contributed by atoms with Crippen LogP contribution < -0.4 is 16.8 Å². The van der Waals surface area contributed by atoms with Crippen molar-refractivity contribution in [1.29, 1.82) is 0 Å². The van der Waals surface area contributed by atoms with Gasteiger partial charge in [-0.1, -0.05) is 12.1 Å². The second-order valence-corrected chi connectivity index (χ2v) is 4.57. The van der Waals surface area contributed by atoms with Gasteiger partial charge in [0.15, 0.2) is 0 Å². The summed E-state index contributed by atoms with van der Waals surface area (Å²) in [5.74, 6) is -0.620. The summed E-state index contributed by atoms with van der Waals surface area (Å²) in [5.41, 5.74) is 12.3. The van der Waals surface area contributed by atoms with Gasteiger partial charge in [0.1, 0.15) is 0 Å². The van der Waals surface area contributed by atoms with Crippen molar-refractivity contribution in [1.82, 2.24) is 0 Å². The minimum Gasteiger partial charge on any atom is -0.385 e. The lowest BCUT2D eigenvalue weighted by molar-refractivity contribution is -0.118. The average Bonchev–Trinajstić information content (AvgIpc) is 2.40. The smallest absolute Gasteiger partial charge is 0.241 e. The van der Waals surface area contributed by atoms with Gasteiger partial charge in [-0.2, -0.15) is 0 Å². The van der Waals surface area contributed by atoms with E-state index in [2.05, 4.69) is 5.32 Å². The molecule has 20 heavy (non-hydrogen) atoms. The van der Waals surface area contributed by atoms with Crippen LogP contribution in [0, 0.1) is 0 Å². The minimum atomic E-state index is -0.560. The summed E-state index contributed by atoms with van der Waals surface area (Å²) >= 11 is 0.